The number of fused-ring (bicyclic) bond motifs is 4. The number of hydrogen-bond donors (Lipinski definition) is 1. The molecule has 7 nitrogen and oxygen atoms in total. The van der Waals surface area contributed by atoms with Crippen molar-refractivity contribution in [2.45, 2.75) is 17.5 Å². The van der Waals surface area contributed by atoms with Gasteiger partial charge in [-0.05, 0) is 35.9 Å². The highest BCUT2D eigenvalue weighted by Gasteiger charge is 2.69. The van der Waals surface area contributed by atoms with E-state index in [9.17, 15) is 24.1 Å². The monoisotopic (exact) mass is 489 g/mol. The SMILES string of the molecule is O=C(c1ccc(F)cc1)C1C(c2cccc([N+](=O)[O-])c2)C2CSCN2C12C(=O)Nc1ccccc12. The van der Waals surface area contributed by atoms with Crippen LogP contribution in [0.4, 0.5) is 15.8 Å². The quantitative estimate of drug-likeness (QED) is 0.328. The van der Waals surface area contributed by atoms with E-state index in [4.69, 9.17) is 0 Å². The van der Waals surface area contributed by atoms with E-state index < -0.39 is 28.1 Å². The largest absolute Gasteiger partial charge is 0.324 e. The molecule has 2 fully saturated rings. The van der Waals surface area contributed by atoms with Crippen molar-refractivity contribution in [2.75, 3.05) is 16.9 Å². The number of non-ortho nitro benzene ring substituents is 1. The zero-order valence-corrected chi connectivity index (χ0v) is 19.2. The molecule has 4 atom stereocenters. The van der Waals surface area contributed by atoms with Crippen molar-refractivity contribution in [1.29, 1.82) is 0 Å². The smallest absolute Gasteiger partial charge is 0.269 e. The fraction of sp³-hybridized carbons (Fsp3) is 0.231. The van der Waals surface area contributed by atoms with Gasteiger partial charge in [0.2, 0.25) is 5.91 Å². The first-order chi connectivity index (χ1) is 16.9. The Bertz CT molecular complexity index is 1380. The average Bonchev–Trinajstić information content (AvgIpc) is 3.52. The zero-order valence-electron chi connectivity index (χ0n) is 18.4. The predicted molar refractivity (Wildman–Crippen MR) is 130 cm³/mol. The Morgan fingerprint density at radius 3 is 2.66 bits per heavy atom. The lowest BCUT2D eigenvalue weighted by Gasteiger charge is -2.36. The number of nitrogens with one attached hydrogen (secondary N) is 1. The molecule has 0 aromatic heterocycles. The third-order valence-electron chi connectivity index (χ3n) is 7.41. The molecule has 35 heavy (non-hydrogen) atoms. The zero-order chi connectivity index (χ0) is 24.3. The number of halogens is 1. The summed E-state index contributed by atoms with van der Waals surface area (Å²) in [4.78, 5) is 41.3. The van der Waals surface area contributed by atoms with Crippen molar-refractivity contribution in [2.24, 2.45) is 5.92 Å². The summed E-state index contributed by atoms with van der Waals surface area (Å²) in [6, 6.07) is 18.9. The van der Waals surface area contributed by atoms with Crippen LogP contribution < -0.4 is 5.32 Å². The van der Waals surface area contributed by atoms with Crippen LogP contribution in [-0.4, -0.2) is 39.2 Å². The van der Waals surface area contributed by atoms with Gasteiger partial charge in [-0.25, -0.2) is 4.39 Å². The lowest BCUT2D eigenvalue weighted by Crippen LogP contribution is -2.52. The summed E-state index contributed by atoms with van der Waals surface area (Å²) >= 11 is 1.68. The molecule has 3 heterocycles. The minimum atomic E-state index is -1.27. The summed E-state index contributed by atoms with van der Waals surface area (Å²) in [6.45, 7) is 0. The Morgan fingerprint density at radius 1 is 1.11 bits per heavy atom. The summed E-state index contributed by atoms with van der Waals surface area (Å²) in [6.07, 6.45) is 0. The molecule has 1 spiro atoms. The third kappa shape index (κ3) is 3.08. The number of thioether (sulfide) groups is 1. The topological polar surface area (TPSA) is 92.5 Å². The van der Waals surface area contributed by atoms with Crippen LogP contribution in [0.2, 0.25) is 0 Å². The summed E-state index contributed by atoms with van der Waals surface area (Å²) < 4.78 is 13.7. The second kappa shape index (κ2) is 8.00. The van der Waals surface area contributed by atoms with Crippen molar-refractivity contribution in [1.82, 2.24) is 4.90 Å². The van der Waals surface area contributed by atoms with Crippen LogP contribution in [0.1, 0.15) is 27.4 Å². The minimum absolute atomic E-state index is 0.0649. The molecule has 0 aliphatic carbocycles. The van der Waals surface area contributed by atoms with E-state index in [2.05, 4.69) is 10.2 Å². The molecule has 3 aliphatic heterocycles. The molecule has 0 saturated carbocycles. The predicted octanol–water partition coefficient (Wildman–Crippen LogP) is 4.55. The number of rotatable bonds is 4. The van der Waals surface area contributed by atoms with E-state index in [-0.39, 0.29) is 23.4 Å². The number of anilines is 1. The number of ketones is 1. The molecule has 176 valence electrons. The van der Waals surface area contributed by atoms with E-state index >= 15 is 0 Å². The van der Waals surface area contributed by atoms with E-state index in [1.165, 1.54) is 36.4 Å². The van der Waals surface area contributed by atoms with Crippen LogP contribution in [-0.2, 0) is 10.3 Å². The number of nitro benzene ring substituents is 1. The Balaban J connectivity index is 1.61. The standard InChI is InChI=1S/C26H20FN3O4S/c27-17-10-8-15(9-11-17)24(31)23-22(16-4-3-5-18(12-16)30(33)34)21-13-35-14-29(21)26(23)19-6-1-2-7-20(19)28-25(26)32/h1-12,21-23H,13-14H2,(H,28,32). The maximum Gasteiger partial charge on any atom is 0.269 e. The van der Waals surface area contributed by atoms with Gasteiger partial charge in [-0.3, -0.25) is 24.6 Å². The second-order valence-corrected chi connectivity index (χ2v) is 10.0. The van der Waals surface area contributed by atoms with E-state index in [0.29, 0.717) is 28.4 Å². The molecule has 2 saturated heterocycles. The number of carbonyl (C=O) groups is 2. The van der Waals surface area contributed by atoms with E-state index in [1.807, 2.05) is 24.3 Å². The molecule has 9 heteroatoms. The van der Waals surface area contributed by atoms with Crippen LogP contribution in [0.25, 0.3) is 0 Å². The first-order valence-corrected chi connectivity index (χ1v) is 12.4. The molecule has 0 bridgehead atoms. The number of carbonyl (C=O) groups excluding carboxylic acids is 2. The molecule has 3 aliphatic rings. The number of para-hydroxylation sites is 1. The fourth-order valence-electron chi connectivity index (χ4n) is 6.04. The van der Waals surface area contributed by atoms with Crippen LogP contribution >= 0.6 is 11.8 Å². The number of benzene rings is 3. The number of Topliss-reactive ketones (excluding diaryl/α,β-unsaturated/α-hetero) is 1. The Morgan fingerprint density at radius 2 is 1.89 bits per heavy atom. The Labute approximate surface area is 204 Å². The van der Waals surface area contributed by atoms with Crippen LogP contribution in [0.3, 0.4) is 0 Å². The summed E-state index contributed by atoms with van der Waals surface area (Å²) in [5.41, 5.74) is 0.995. The van der Waals surface area contributed by atoms with Gasteiger partial charge in [0.15, 0.2) is 5.78 Å². The fourth-order valence-corrected chi connectivity index (χ4v) is 7.37. The highest BCUT2D eigenvalue weighted by molar-refractivity contribution is 7.99. The summed E-state index contributed by atoms with van der Waals surface area (Å²) in [7, 11) is 0. The van der Waals surface area contributed by atoms with Gasteiger partial charge in [0, 0.05) is 52.5 Å². The van der Waals surface area contributed by atoms with Gasteiger partial charge < -0.3 is 5.32 Å². The lowest BCUT2D eigenvalue weighted by atomic mass is 9.69. The average molecular weight is 490 g/mol. The van der Waals surface area contributed by atoms with Crippen LogP contribution in [0, 0.1) is 21.8 Å². The molecular weight excluding hydrogens is 469 g/mol. The van der Waals surface area contributed by atoms with Crippen molar-refractivity contribution in [3.05, 3.63) is 105 Å². The summed E-state index contributed by atoms with van der Waals surface area (Å²) in [5, 5.41) is 14.5. The lowest BCUT2D eigenvalue weighted by molar-refractivity contribution is -0.384. The van der Waals surface area contributed by atoms with Gasteiger partial charge in [-0.15, -0.1) is 11.8 Å². The molecule has 0 radical (unpaired) electrons. The maximum absolute atomic E-state index is 14.2. The van der Waals surface area contributed by atoms with E-state index in [1.54, 1.807) is 23.9 Å². The second-order valence-electron chi connectivity index (χ2n) is 9.03. The van der Waals surface area contributed by atoms with Crippen LogP contribution in [0.15, 0.2) is 72.8 Å². The summed E-state index contributed by atoms with van der Waals surface area (Å²) in [5.74, 6) is -1.13. The molecular formula is C26H20FN3O4S. The Kier molecular flexibility index (Phi) is 5.01. The van der Waals surface area contributed by atoms with Crippen LogP contribution in [0.5, 0.6) is 0 Å². The molecule has 3 aromatic rings. The molecule has 3 aromatic carbocycles. The number of hydrogen-bond acceptors (Lipinski definition) is 6. The molecule has 1 amide bonds. The number of nitrogens with zero attached hydrogens (tertiary/aromatic N) is 2. The third-order valence-corrected chi connectivity index (χ3v) is 8.44. The van der Waals surface area contributed by atoms with Crippen molar-refractivity contribution in [3.63, 3.8) is 0 Å². The highest BCUT2D eigenvalue weighted by atomic mass is 32.2. The first kappa shape index (κ1) is 21.9. The van der Waals surface area contributed by atoms with Gasteiger partial charge in [0.25, 0.3) is 5.69 Å². The van der Waals surface area contributed by atoms with Crippen molar-refractivity contribution < 1.29 is 18.9 Å². The molecule has 4 unspecified atom stereocenters. The van der Waals surface area contributed by atoms with Crippen molar-refractivity contribution >= 4 is 34.8 Å². The van der Waals surface area contributed by atoms with Gasteiger partial charge in [-0.2, -0.15) is 0 Å². The minimum Gasteiger partial charge on any atom is -0.324 e. The van der Waals surface area contributed by atoms with Gasteiger partial charge in [0.1, 0.15) is 11.4 Å². The number of nitro groups is 1. The van der Waals surface area contributed by atoms with Gasteiger partial charge in [-0.1, -0.05) is 30.3 Å². The van der Waals surface area contributed by atoms with Crippen molar-refractivity contribution in [3.8, 4) is 0 Å². The molecule has 1 N–H and O–H groups in total. The normalized spacial score (nSPS) is 27.0. The highest BCUT2D eigenvalue weighted by Crippen LogP contribution is 2.61. The molecule has 6 rings (SSSR count). The van der Waals surface area contributed by atoms with Gasteiger partial charge >= 0.3 is 0 Å². The van der Waals surface area contributed by atoms with E-state index in [0.717, 1.165) is 5.56 Å². The van der Waals surface area contributed by atoms with Gasteiger partial charge in [0.05, 0.1) is 10.8 Å². The Hall–Kier alpha value is -3.56. The maximum atomic E-state index is 14.2. The first-order valence-electron chi connectivity index (χ1n) is 11.2. The number of amides is 1.